The van der Waals surface area contributed by atoms with Crippen LogP contribution in [0.5, 0.6) is 0 Å². The summed E-state index contributed by atoms with van der Waals surface area (Å²) in [6.07, 6.45) is 3.35. The van der Waals surface area contributed by atoms with Gasteiger partial charge in [-0.2, -0.15) is 5.10 Å². The second-order valence-corrected chi connectivity index (χ2v) is 9.50. The van der Waals surface area contributed by atoms with Gasteiger partial charge in [-0.15, -0.1) is 11.3 Å². The molecular weight excluding hydrogens is 422 g/mol. The van der Waals surface area contributed by atoms with Crippen molar-refractivity contribution in [3.8, 4) is 5.82 Å². The molecule has 1 fully saturated rings. The Morgan fingerprint density at radius 3 is 2.78 bits per heavy atom. The second kappa shape index (κ2) is 8.31. The van der Waals surface area contributed by atoms with Gasteiger partial charge in [-0.1, -0.05) is 0 Å². The number of amides is 1. The van der Waals surface area contributed by atoms with Crippen molar-refractivity contribution in [3.63, 3.8) is 0 Å². The fraction of sp³-hybridized carbons (Fsp3) is 0.348. The third-order valence-corrected chi connectivity index (χ3v) is 6.69. The average Bonchev–Trinajstić information content (AvgIpc) is 3.33. The molecular formula is C23H25N7OS. The standard InChI is InChI=1S/C23H25N7OS/c1-14-9-15(2)30(28-14)22-11-21(24-13-25-22)29-8-4-5-17(12-29)23(31)27-18-6-7-20-19(10-18)26-16(3)32-20/h6-7,9-11,13,17H,4-5,8,12H2,1-3H3,(H,27,31). The van der Waals surface area contributed by atoms with Gasteiger partial charge in [0.25, 0.3) is 0 Å². The number of carbonyl (C=O) groups excluding carboxylic acids is 1. The van der Waals surface area contributed by atoms with Crippen LogP contribution >= 0.6 is 11.3 Å². The molecule has 0 bridgehead atoms. The summed E-state index contributed by atoms with van der Waals surface area (Å²) in [7, 11) is 0. The third-order valence-electron chi connectivity index (χ3n) is 5.74. The molecule has 1 aliphatic heterocycles. The van der Waals surface area contributed by atoms with Gasteiger partial charge in [0.1, 0.15) is 12.1 Å². The van der Waals surface area contributed by atoms with Crippen molar-refractivity contribution in [1.29, 1.82) is 0 Å². The topological polar surface area (TPSA) is 88.8 Å². The molecule has 1 N–H and O–H groups in total. The Bertz CT molecular complexity index is 1290. The molecule has 1 aromatic carbocycles. The molecule has 32 heavy (non-hydrogen) atoms. The molecule has 0 spiro atoms. The van der Waals surface area contributed by atoms with E-state index < -0.39 is 0 Å². The highest BCUT2D eigenvalue weighted by atomic mass is 32.1. The number of hydrogen-bond acceptors (Lipinski definition) is 7. The number of nitrogens with zero attached hydrogens (tertiary/aromatic N) is 6. The van der Waals surface area contributed by atoms with Gasteiger partial charge in [0.15, 0.2) is 5.82 Å². The Kier molecular flexibility index (Phi) is 5.34. The number of thiazole rings is 1. The molecule has 4 aromatic rings. The first-order valence-corrected chi connectivity index (χ1v) is 11.6. The van der Waals surface area contributed by atoms with E-state index >= 15 is 0 Å². The lowest BCUT2D eigenvalue weighted by Gasteiger charge is -2.32. The number of fused-ring (bicyclic) bond motifs is 1. The summed E-state index contributed by atoms with van der Waals surface area (Å²) < 4.78 is 2.96. The summed E-state index contributed by atoms with van der Waals surface area (Å²) in [4.78, 5) is 28.6. The molecule has 1 saturated heterocycles. The molecule has 1 atom stereocenters. The van der Waals surface area contributed by atoms with Crippen LogP contribution < -0.4 is 10.2 Å². The Morgan fingerprint density at radius 2 is 1.97 bits per heavy atom. The van der Waals surface area contributed by atoms with E-state index in [0.29, 0.717) is 6.54 Å². The number of benzene rings is 1. The Hall–Kier alpha value is -3.33. The van der Waals surface area contributed by atoms with Crippen LogP contribution in [-0.4, -0.2) is 43.7 Å². The largest absolute Gasteiger partial charge is 0.356 e. The predicted molar refractivity (Wildman–Crippen MR) is 127 cm³/mol. The summed E-state index contributed by atoms with van der Waals surface area (Å²) in [5, 5.41) is 8.63. The first-order valence-electron chi connectivity index (χ1n) is 10.7. The monoisotopic (exact) mass is 447 g/mol. The summed E-state index contributed by atoms with van der Waals surface area (Å²) in [6.45, 7) is 7.45. The maximum Gasteiger partial charge on any atom is 0.229 e. The minimum Gasteiger partial charge on any atom is -0.356 e. The third kappa shape index (κ3) is 4.08. The average molecular weight is 448 g/mol. The Labute approximate surface area is 190 Å². The highest BCUT2D eigenvalue weighted by molar-refractivity contribution is 7.18. The zero-order valence-electron chi connectivity index (χ0n) is 18.4. The number of aryl methyl sites for hydroxylation is 3. The maximum absolute atomic E-state index is 13.0. The lowest BCUT2D eigenvalue weighted by molar-refractivity contribution is -0.120. The number of anilines is 2. The van der Waals surface area contributed by atoms with Crippen LogP contribution in [-0.2, 0) is 4.79 Å². The molecule has 9 heteroatoms. The van der Waals surface area contributed by atoms with Crippen molar-refractivity contribution >= 4 is 39.0 Å². The summed E-state index contributed by atoms with van der Waals surface area (Å²) >= 11 is 1.66. The number of carbonyl (C=O) groups is 1. The number of rotatable bonds is 4. The van der Waals surface area contributed by atoms with Crippen molar-refractivity contribution in [2.24, 2.45) is 5.92 Å². The van der Waals surface area contributed by atoms with E-state index in [9.17, 15) is 4.79 Å². The van der Waals surface area contributed by atoms with E-state index in [4.69, 9.17) is 0 Å². The molecule has 164 valence electrons. The summed E-state index contributed by atoms with van der Waals surface area (Å²) in [5.41, 5.74) is 3.69. The van der Waals surface area contributed by atoms with Crippen molar-refractivity contribution in [2.45, 2.75) is 33.6 Å². The van der Waals surface area contributed by atoms with Crippen LogP contribution in [0.3, 0.4) is 0 Å². The van der Waals surface area contributed by atoms with Gasteiger partial charge in [-0.3, -0.25) is 4.79 Å². The molecule has 3 aromatic heterocycles. The van der Waals surface area contributed by atoms with Crippen molar-refractivity contribution in [1.82, 2.24) is 24.7 Å². The lowest BCUT2D eigenvalue weighted by Crippen LogP contribution is -2.41. The number of aromatic nitrogens is 5. The van der Waals surface area contributed by atoms with Crippen LogP contribution in [0.4, 0.5) is 11.5 Å². The fourth-order valence-electron chi connectivity index (χ4n) is 4.25. The van der Waals surface area contributed by atoms with Crippen molar-refractivity contribution in [2.75, 3.05) is 23.3 Å². The van der Waals surface area contributed by atoms with Gasteiger partial charge in [-0.25, -0.2) is 19.6 Å². The van der Waals surface area contributed by atoms with E-state index in [-0.39, 0.29) is 11.8 Å². The van der Waals surface area contributed by atoms with Crippen LogP contribution in [0.15, 0.2) is 36.7 Å². The zero-order valence-corrected chi connectivity index (χ0v) is 19.2. The SMILES string of the molecule is Cc1cc(C)n(-c2cc(N3CCCC(C(=O)Nc4ccc5sc(C)nc5c4)C3)ncn2)n1. The van der Waals surface area contributed by atoms with Crippen LogP contribution in [0, 0.1) is 26.7 Å². The summed E-state index contributed by atoms with van der Waals surface area (Å²) in [6, 6.07) is 9.88. The van der Waals surface area contributed by atoms with Gasteiger partial charge in [0, 0.05) is 30.5 Å². The van der Waals surface area contributed by atoms with Gasteiger partial charge in [0.2, 0.25) is 5.91 Å². The second-order valence-electron chi connectivity index (χ2n) is 8.26. The predicted octanol–water partition coefficient (Wildman–Crippen LogP) is 4.05. The fourth-order valence-corrected chi connectivity index (χ4v) is 5.06. The molecule has 5 rings (SSSR count). The van der Waals surface area contributed by atoms with E-state index in [0.717, 1.165) is 63.3 Å². The van der Waals surface area contributed by atoms with E-state index in [1.807, 2.05) is 55.8 Å². The van der Waals surface area contributed by atoms with Crippen LogP contribution in [0.25, 0.3) is 16.0 Å². The number of nitrogens with one attached hydrogen (secondary N) is 1. The smallest absolute Gasteiger partial charge is 0.229 e. The van der Waals surface area contributed by atoms with Crippen molar-refractivity contribution in [3.05, 3.63) is 53.1 Å². The number of piperidine rings is 1. The normalized spacial score (nSPS) is 16.5. The molecule has 0 saturated carbocycles. The minimum atomic E-state index is -0.108. The van der Waals surface area contributed by atoms with Gasteiger partial charge in [0.05, 0.1) is 26.8 Å². The maximum atomic E-state index is 13.0. The number of hydrogen-bond donors (Lipinski definition) is 1. The quantitative estimate of drug-likeness (QED) is 0.508. The van der Waals surface area contributed by atoms with Gasteiger partial charge in [-0.05, 0) is 57.9 Å². The van der Waals surface area contributed by atoms with E-state index in [1.165, 1.54) is 0 Å². The molecule has 0 radical (unpaired) electrons. The highest BCUT2D eigenvalue weighted by Crippen LogP contribution is 2.27. The van der Waals surface area contributed by atoms with Crippen LogP contribution in [0.2, 0.25) is 0 Å². The molecule has 1 aliphatic rings. The lowest BCUT2D eigenvalue weighted by atomic mass is 9.97. The van der Waals surface area contributed by atoms with E-state index in [1.54, 1.807) is 17.7 Å². The Morgan fingerprint density at radius 1 is 1.12 bits per heavy atom. The first-order chi connectivity index (χ1) is 15.5. The first kappa shape index (κ1) is 20.6. The molecule has 1 unspecified atom stereocenters. The molecule has 0 aliphatic carbocycles. The zero-order chi connectivity index (χ0) is 22.2. The van der Waals surface area contributed by atoms with E-state index in [2.05, 4.69) is 30.3 Å². The Balaban J connectivity index is 1.31. The highest BCUT2D eigenvalue weighted by Gasteiger charge is 2.27. The van der Waals surface area contributed by atoms with Crippen LogP contribution in [0.1, 0.15) is 29.2 Å². The molecule has 1 amide bonds. The molecule has 8 nitrogen and oxygen atoms in total. The molecule has 4 heterocycles. The van der Waals surface area contributed by atoms with Crippen molar-refractivity contribution < 1.29 is 4.79 Å². The van der Waals surface area contributed by atoms with Gasteiger partial charge < -0.3 is 10.2 Å². The van der Waals surface area contributed by atoms with Gasteiger partial charge >= 0.3 is 0 Å². The summed E-state index contributed by atoms with van der Waals surface area (Å²) in [5.74, 6) is 1.48. The minimum absolute atomic E-state index is 0.0360.